The van der Waals surface area contributed by atoms with Crippen LogP contribution >= 0.6 is 0 Å². The van der Waals surface area contributed by atoms with Crippen LogP contribution in [-0.4, -0.2) is 43.6 Å². The Kier molecular flexibility index (Phi) is 4.59. The Morgan fingerprint density at radius 1 is 1.16 bits per heavy atom. The first-order valence-electron chi connectivity index (χ1n) is 9.08. The van der Waals surface area contributed by atoms with E-state index < -0.39 is 0 Å². The molecule has 0 aliphatic carbocycles. The van der Waals surface area contributed by atoms with Gasteiger partial charge in [-0.15, -0.1) is 0 Å². The van der Waals surface area contributed by atoms with Crippen LogP contribution in [0, 0.1) is 0 Å². The third kappa shape index (κ3) is 3.48. The summed E-state index contributed by atoms with van der Waals surface area (Å²) in [5.74, 6) is 2.60. The second-order valence-corrected chi connectivity index (χ2v) is 6.82. The van der Waals surface area contributed by atoms with Crippen molar-refractivity contribution in [3.05, 3.63) is 65.7 Å². The first-order chi connectivity index (χ1) is 12.3. The highest BCUT2D eigenvalue weighted by Gasteiger charge is 2.27. The highest BCUT2D eigenvalue weighted by Crippen LogP contribution is 2.28. The Labute approximate surface area is 149 Å². The summed E-state index contributed by atoms with van der Waals surface area (Å²) in [5, 5.41) is 3.51. The molecular weight excluding hydrogens is 310 g/mol. The van der Waals surface area contributed by atoms with Gasteiger partial charge in [0.05, 0.1) is 6.54 Å². The average Bonchev–Trinajstić information content (AvgIpc) is 3.30. The molecule has 1 fully saturated rings. The Bertz CT molecular complexity index is 719. The second kappa shape index (κ2) is 7.18. The number of para-hydroxylation sites is 1. The first-order valence-corrected chi connectivity index (χ1v) is 9.08. The van der Waals surface area contributed by atoms with Crippen molar-refractivity contribution in [2.45, 2.75) is 24.9 Å². The lowest BCUT2D eigenvalue weighted by Crippen LogP contribution is -2.43. The normalized spacial score (nSPS) is 22.6. The van der Waals surface area contributed by atoms with E-state index in [0.29, 0.717) is 5.92 Å². The van der Waals surface area contributed by atoms with Gasteiger partial charge < -0.3 is 15.0 Å². The molecule has 4 heteroatoms. The van der Waals surface area contributed by atoms with Crippen molar-refractivity contribution in [2.24, 2.45) is 4.99 Å². The molecule has 0 bridgehead atoms. The van der Waals surface area contributed by atoms with Gasteiger partial charge in [-0.25, -0.2) is 0 Å². The quantitative estimate of drug-likeness (QED) is 0.692. The predicted molar refractivity (Wildman–Crippen MR) is 101 cm³/mol. The standard InChI is InChI=1S/C21H25N3O/c1-22-21(23-14-19-13-17-9-5-6-10-20(17)25-19)24-12-11-18(15-24)16-7-3-2-4-8-16/h2-10,18-19H,11-15H2,1H3,(H,22,23). The summed E-state index contributed by atoms with van der Waals surface area (Å²) in [6.45, 7) is 2.86. The number of ether oxygens (including phenoxy) is 1. The summed E-state index contributed by atoms with van der Waals surface area (Å²) in [5.41, 5.74) is 2.73. The van der Waals surface area contributed by atoms with Gasteiger partial charge >= 0.3 is 0 Å². The lowest BCUT2D eigenvalue weighted by Gasteiger charge is -2.23. The van der Waals surface area contributed by atoms with E-state index in [1.54, 1.807) is 0 Å². The van der Waals surface area contributed by atoms with E-state index >= 15 is 0 Å². The highest BCUT2D eigenvalue weighted by atomic mass is 16.5. The van der Waals surface area contributed by atoms with Gasteiger partial charge in [-0.3, -0.25) is 4.99 Å². The zero-order chi connectivity index (χ0) is 17.1. The highest BCUT2D eigenvalue weighted by molar-refractivity contribution is 5.80. The van der Waals surface area contributed by atoms with Crippen LogP contribution in [0.3, 0.4) is 0 Å². The minimum absolute atomic E-state index is 0.182. The fraction of sp³-hybridized carbons (Fsp3) is 0.381. The molecule has 0 spiro atoms. The number of benzene rings is 2. The van der Waals surface area contributed by atoms with Crippen LogP contribution in [0.1, 0.15) is 23.5 Å². The van der Waals surface area contributed by atoms with Crippen LogP contribution in [0.15, 0.2) is 59.6 Å². The molecule has 0 saturated carbocycles. The smallest absolute Gasteiger partial charge is 0.193 e. The van der Waals surface area contributed by atoms with E-state index in [-0.39, 0.29) is 6.10 Å². The van der Waals surface area contributed by atoms with E-state index in [1.165, 1.54) is 17.5 Å². The van der Waals surface area contributed by atoms with Crippen molar-refractivity contribution >= 4 is 5.96 Å². The van der Waals surface area contributed by atoms with Crippen LogP contribution in [-0.2, 0) is 6.42 Å². The van der Waals surface area contributed by atoms with Gasteiger partial charge in [-0.05, 0) is 23.6 Å². The topological polar surface area (TPSA) is 36.9 Å². The second-order valence-electron chi connectivity index (χ2n) is 6.82. The monoisotopic (exact) mass is 335 g/mol. The molecule has 2 atom stereocenters. The third-order valence-electron chi connectivity index (χ3n) is 5.17. The van der Waals surface area contributed by atoms with E-state index in [0.717, 1.165) is 37.8 Å². The largest absolute Gasteiger partial charge is 0.488 e. The van der Waals surface area contributed by atoms with Crippen molar-refractivity contribution in [3.8, 4) is 5.75 Å². The van der Waals surface area contributed by atoms with Gasteiger partial charge in [0.1, 0.15) is 11.9 Å². The minimum Gasteiger partial charge on any atom is -0.488 e. The molecule has 2 aromatic rings. The molecule has 2 aromatic carbocycles. The maximum absolute atomic E-state index is 6.02. The predicted octanol–water partition coefficient (Wildman–Crippen LogP) is 3.06. The van der Waals surface area contributed by atoms with Crippen molar-refractivity contribution < 1.29 is 4.74 Å². The van der Waals surface area contributed by atoms with Gasteiger partial charge in [0.25, 0.3) is 0 Å². The molecule has 2 aliphatic rings. The number of aliphatic imine (C=N–C) groups is 1. The van der Waals surface area contributed by atoms with Crippen molar-refractivity contribution in [1.29, 1.82) is 0 Å². The number of rotatable bonds is 3. The van der Waals surface area contributed by atoms with E-state index in [2.05, 4.69) is 63.7 Å². The number of guanidine groups is 1. The summed E-state index contributed by atoms with van der Waals surface area (Å²) in [6, 6.07) is 19.1. The Morgan fingerprint density at radius 2 is 1.96 bits per heavy atom. The molecule has 1 saturated heterocycles. The van der Waals surface area contributed by atoms with E-state index in [1.807, 2.05) is 13.1 Å². The molecule has 2 heterocycles. The number of likely N-dealkylation sites (tertiary alicyclic amines) is 1. The molecule has 0 amide bonds. The Morgan fingerprint density at radius 3 is 2.76 bits per heavy atom. The molecule has 4 rings (SSSR count). The zero-order valence-electron chi connectivity index (χ0n) is 14.7. The molecule has 4 nitrogen and oxygen atoms in total. The molecule has 2 unspecified atom stereocenters. The average molecular weight is 335 g/mol. The Balaban J connectivity index is 1.32. The van der Waals surface area contributed by atoms with Crippen molar-refractivity contribution in [3.63, 3.8) is 0 Å². The van der Waals surface area contributed by atoms with E-state index in [9.17, 15) is 0 Å². The van der Waals surface area contributed by atoms with E-state index in [4.69, 9.17) is 4.74 Å². The SMILES string of the molecule is CN=C(NCC1Cc2ccccc2O1)N1CCC(c2ccccc2)C1. The first kappa shape index (κ1) is 16.0. The van der Waals surface area contributed by atoms with Crippen LogP contribution in [0.5, 0.6) is 5.75 Å². The van der Waals surface area contributed by atoms with Crippen LogP contribution in [0.4, 0.5) is 0 Å². The molecular formula is C21H25N3O. The molecule has 0 radical (unpaired) electrons. The zero-order valence-corrected chi connectivity index (χ0v) is 14.7. The summed E-state index contributed by atoms with van der Waals surface area (Å²) < 4.78 is 6.02. The van der Waals surface area contributed by atoms with Gasteiger partial charge in [0.15, 0.2) is 5.96 Å². The summed E-state index contributed by atoms with van der Waals surface area (Å²) in [6.07, 6.45) is 2.32. The Hall–Kier alpha value is -2.49. The molecule has 2 aliphatic heterocycles. The van der Waals surface area contributed by atoms with Gasteiger partial charge in [-0.1, -0.05) is 48.5 Å². The summed E-state index contributed by atoms with van der Waals surface area (Å²) in [7, 11) is 1.86. The summed E-state index contributed by atoms with van der Waals surface area (Å²) >= 11 is 0. The number of fused-ring (bicyclic) bond motifs is 1. The van der Waals surface area contributed by atoms with Crippen LogP contribution in [0.25, 0.3) is 0 Å². The lowest BCUT2D eigenvalue weighted by atomic mass is 9.99. The maximum Gasteiger partial charge on any atom is 0.193 e. The minimum atomic E-state index is 0.182. The molecule has 1 N–H and O–H groups in total. The lowest BCUT2D eigenvalue weighted by molar-refractivity contribution is 0.233. The number of hydrogen-bond acceptors (Lipinski definition) is 2. The number of nitrogens with one attached hydrogen (secondary N) is 1. The number of hydrogen-bond donors (Lipinski definition) is 1. The van der Waals surface area contributed by atoms with Crippen molar-refractivity contribution in [1.82, 2.24) is 10.2 Å². The van der Waals surface area contributed by atoms with Gasteiger partial charge in [0, 0.05) is 32.5 Å². The number of nitrogens with zero attached hydrogens (tertiary/aromatic N) is 2. The maximum atomic E-state index is 6.02. The third-order valence-corrected chi connectivity index (χ3v) is 5.17. The van der Waals surface area contributed by atoms with Crippen LogP contribution in [0.2, 0.25) is 0 Å². The molecule has 0 aromatic heterocycles. The fourth-order valence-corrected chi connectivity index (χ4v) is 3.86. The summed E-state index contributed by atoms with van der Waals surface area (Å²) in [4.78, 5) is 6.85. The van der Waals surface area contributed by atoms with Gasteiger partial charge in [-0.2, -0.15) is 0 Å². The molecule has 25 heavy (non-hydrogen) atoms. The van der Waals surface area contributed by atoms with Gasteiger partial charge in [0.2, 0.25) is 0 Å². The molecule has 130 valence electrons. The van der Waals surface area contributed by atoms with Crippen molar-refractivity contribution in [2.75, 3.05) is 26.7 Å². The van der Waals surface area contributed by atoms with Crippen LogP contribution < -0.4 is 10.1 Å². The fourth-order valence-electron chi connectivity index (χ4n) is 3.86.